The van der Waals surface area contributed by atoms with Gasteiger partial charge in [-0.15, -0.1) is 5.10 Å². The van der Waals surface area contributed by atoms with Crippen LogP contribution < -0.4 is 10.2 Å². The van der Waals surface area contributed by atoms with E-state index in [2.05, 4.69) is 25.9 Å². The van der Waals surface area contributed by atoms with Crippen LogP contribution in [-0.4, -0.2) is 48.5 Å². The predicted octanol–water partition coefficient (Wildman–Crippen LogP) is 0.613. The Morgan fingerprint density at radius 1 is 1.25 bits per heavy atom. The lowest BCUT2D eigenvalue weighted by molar-refractivity contribution is -0.117. The fourth-order valence-corrected chi connectivity index (χ4v) is 2.84. The van der Waals surface area contributed by atoms with Crippen molar-refractivity contribution in [1.29, 1.82) is 0 Å². The third-order valence-corrected chi connectivity index (χ3v) is 4.01. The van der Waals surface area contributed by atoms with Crippen LogP contribution in [0, 0.1) is 0 Å². The summed E-state index contributed by atoms with van der Waals surface area (Å²) in [5, 5.41) is 18.9. The zero-order valence-electron chi connectivity index (χ0n) is 13.1. The minimum absolute atomic E-state index is 0.0141. The van der Waals surface area contributed by atoms with Crippen LogP contribution in [0.4, 0.5) is 11.5 Å². The van der Waals surface area contributed by atoms with Gasteiger partial charge >= 0.3 is 0 Å². The lowest BCUT2D eigenvalue weighted by Crippen LogP contribution is -2.34. The van der Waals surface area contributed by atoms with Gasteiger partial charge in [-0.2, -0.15) is 9.78 Å². The molecule has 1 atom stereocenters. The molecule has 3 heterocycles. The van der Waals surface area contributed by atoms with Crippen molar-refractivity contribution in [3.63, 3.8) is 0 Å². The summed E-state index contributed by atoms with van der Waals surface area (Å²) in [6.07, 6.45) is 4.06. The van der Waals surface area contributed by atoms with Crippen molar-refractivity contribution in [3.05, 3.63) is 42.9 Å². The lowest BCUT2D eigenvalue weighted by atomic mass is 10.2. The van der Waals surface area contributed by atoms with Crippen molar-refractivity contribution < 1.29 is 4.79 Å². The monoisotopic (exact) mass is 324 g/mol. The first kappa shape index (κ1) is 14.4. The molecule has 1 amide bonds. The molecule has 0 bridgehead atoms. The van der Waals surface area contributed by atoms with Gasteiger partial charge < -0.3 is 5.32 Å². The fourth-order valence-electron chi connectivity index (χ4n) is 2.84. The number of hydrogen-bond donors (Lipinski definition) is 1. The lowest BCUT2D eigenvalue weighted by Gasteiger charge is -2.17. The highest BCUT2D eigenvalue weighted by atomic mass is 16.2. The summed E-state index contributed by atoms with van der Waals surface area (Å²) in [6, 6.07) is 9.16. The summed E-state index contributed by atoms with van der Waals surface area (Å²) in [5.41, 5.74) is 1.61. The van der Waals surface area contributed by atoms with E-state index in [0.717, 1.165) is 11.4 Å². The highest BCUT2D eigenvalue weighted by molar-refractivity contribution is 6.00. The van der Waals surface area contributed by atoms with E-state index in [-0.39, 0.29) is 11.9 Å². The molecule has 0 saturated carbocycles. The Balaban J connectivity index is 1.56. The minimum Gasteiger partial charge on any atom is -0.372 e. The van der Waals surface area contributed by atoms with Crippen LogP contribution in [0.15, 0.2) is 42.9 Å². The molecule has 2 aromatic heterocycles. The molecular formula is C15H16N8O. The van der Waals surface area contributed by atoms with Gasteiger partial charge in [0.25, 0.3) is 5.91 Å². The summed E-state index contributed by atoms with van der Waals surface area (Å²) in [7, 11) is 1.84. The molecule has 1 aliphatic heterocycles. The van der Waals surface area contributed by atoms with Gasteiger partial charge in [-0.25, -0.2) is 0 Å². The number of tetrazole rings is 1. The van der Waals surface area contributed by atoms with E-state index in [1.54, 1.807) is 14.3 Å². The van der Waals surface area contributed by atoms with E-state index in [1.807, 2.05) is 43.6 Å². The molecule has 1 saturated heterocycles. The van der Waals surface area contributed by atoms with Crippen molar-refractivity contribution in [3.8, 4) is 5.69 Å². The van der Waals surface area contributed by atoms with E-state index >= 15 is 0 Å². The van der Waals surface area contributed by atoms with Crippen molar-refractivity contribution in [2.45, 2.75) is 12.5 Å². The van der Waals surface area contributed by atoms with Gasteiger partial charge in [-0.1, -0.05) is 12.1 Å². The third-order valence-electron chi connectivity index (χ3n) is 4.01. The van der Waals surface area contributed by atoms with Crippen molar-refractivity contribution in [1.82, 2.24) is 30.0 Å². The van der Waals surface area contributed by atoms with Gasteiger partial charge in [0.2, 0.25) is 0 Å². The SMILES string of the molecule is Cn1ccc(N2CCC(Nc3ccccc3-n3cnnn3)C2=O)n1. The van der Waals surface area contributed by atoms with E-state index in [9.17, 15) is 4.79 Å². The molecular weight excluding hydrogens is 308 g/mol. The Labute approximate surface area is 137 Å². The molecule has 1 fully saturated rings. The first-order valence-corrected chi connectivity index (χ1v) is 7.62. The number of anilines is 2. The molecule has 0 radical (unpaired) electrons. The smallest absolute Gasteiger partial charge is 0.250 e. The Bertz CT molecular complexity index is 856. The van der Waals surface area contributed by atoms with E-state index in [4.69, 9.17) is 0 Å². The summed E-state index contributed by atoms with van der Waals surface area (Å²) in [4.78, 5) is 14.4. The molecule has 122 valence electrons. The van der Waals surface area contributed by atoms with Gasteiger partial charge in [0.1, 0.15) is 12.4 Å². The number of hydrogen-bond acceptors (Lipinski definition) is 6. The van der Waals surface area contributed by atoms with Gasteiger partial charge in [-0.3, -0.25) is 14.4 Å². The maximum absolute atomic E-state index is 12.7. The first-order valence-electron chi connectivity index (χ1n) is 7.62. The van der Waals surface area contributed by atoms with Crippen molar-refractivity contribution in [2.24, 2.45) is 7.05 Å². The summed E-state index contributed by atoms with van der Waals surface area (Å²) in [6.45, 7) is 0.639. The second-order valence-electron chi connectivity index (χ2n) is 5.59. The number of carbonyl (C=O) groups is 1. The predicted molar refractivity (Wildman–Crippen MR) is 86.7 cm³/mol. The second-order valence-corrected chi connectivity index (χ2v) is 5.59. The largest absolute Gasteiger partial charge is 0.372 e. The Morgan fingerprint density at radius 2 is 2.12 bits per heavy atom. The zero-order valence-corrected chi connectivity index (χ0v) is 13.1. The first-order chi connectivity index (χ1) is 11.7. The molecule has 3 aromatic rings. The molecule has 1 aliphatic rings. The van der Waals surface area contributed by atoms with Crippen LogP contribution in [0.1, 0.15) is 6.42 Å². The second kappa shape index (κ2) is 5.76. The van der Waals surface area contributed by atoms with Crippen molar-refractivity contribution >= 4 is 17.4 Å². The molecule has 1 unspecified atom stereocenters. The number of rotatable bonds is 4. The maximum Gasteiger partial charge on any atom is 0.250 e. The number of amides is 1. The highest BCUT2D eigenvalue weighted by Gasteiger charge is 2.34. The average molecular weight is 324 g/mol. The topological polar surface area (TPSA) is 93.8 Å². The van der Waals surface area contributed by atoms with Crippen LogP contribution in [-0.2, 0) is 11.8 Å². The molecule has 1 N–H and O–H groups in total. The zero-order chi connectivity index (χ0) is 16.5. The van der Waals surface area contributed by atoms with Crippen molar-refractivity contribution in [2.75, 3.05) is 16.8 Å². The number of nitrogens with zero attached hydrogens (tertiary/aromatic N) is 7. The Kier molecular flexibility index (Phi) is 3.45. The van der Waals surface area contributed by atoms with Gasteiger partial charge in [0, 0.05) is 25.9 Å². The number of para-hydroxylation sites is 2. The Morgan fingerprint density at radius 3 is 2.88 bits per heavy atom. The number of carbonyl (C=O) groups excluding carboxylic acids is 1. The number of aryl methyl sites for hydroxylation is 1. The maximum atomic E-state index is 12.7. The van der Waals surface area contributed by atoms with E-state index < -0.39 is 0 Å². The minimum atomic E-state index is -0.301. The van der Waals surface area contributed by atoms with Crippen LogP contribution in [0.5, 0.6) is 0 Å². The molecule has 1 aromatic carbocycles. The number of benzene rings is 1. The van der Waals surface area contributed by atoms with Gasteiger partial charge in [-0.05, 0) is 29.0 Å². The molecule has 4 rings (SSSR count). The molecule has 24 heavy (non-hydrogen) atoms. The normalized spacial score (nSPS) is 17.5. The van der Waals surface area contributed by atoms with Gasteiger partial charge in [0.15, 0.2) is 5.82 Å². The Hall–Kier alpha value is -3.23. The molecule has 0 aliphatic carbocycles. The van der Waals surface area contributed by atoms with Crippen LogP contribution in [0.3, 0.4) is 0 Å². The van der Waals surface area contributed by atoms with Crippen LogP contribution >= 0.6 is 0 Å². The number of nitrogens with one attached hydrogen (secondary N) is 1. The molecule has 0 spiro atoms. The summed E-state index contributed by atoms with van der Waals surface area (Å²) >= 11 is 0. The van der Waals surface area contributed by atoms with Gasteiger partial charge in [0.05, 0.1) is 11.4 Å². The quantitative estimate of drug-likeness (QED) is 0.756. The molecule has 9 heteroatoms. The van der Waals surface area contributed by atoms with Crippen LogP contribution in [0.25, 0.3) is 5.69 Å². The van der Waals surface area contributed by atoms with E-state index in [0.29, 0.717) is 18.8 Å². The number of aromatic nitrogens is 6. The summed E-state index contributed by atoms with van der Waals surface area (Å²) in [5.74, 6) is 0.695. The third kappa shape index (κ3) is 2.49. The molecule has 9 nitrogen and oxygen atoms in total. The standard InChI is InChI=1S/C15H16N8O/c1-21-8-7-14(18-21)22-9-6-12(15(22)24)17-11-4-2-3-5-13(11)23-10-16-19-20-23/h2-5,7-8,10,12,17H,6,9H2,1H3. The average Bonchev–Trinajstić information content (AvgIpc) is 3.31. The van der Waals surface area contributed by atoms with Crippen LogP contribution in [0.2, 0.25) is 0 Å². The summed E-state index contributed by atoms with van der Waals surface area (Å²) < 4.78 is 3.26. The highest BCUT2D eigenvalue weighted by Crippen LogP contribution is 2.25. The van der Waals surface area contributed by atoms with E-state index in [1.165, 1.54) is 6.33 Å². The fraction of sp³-hybridized carbons (Fsp3) is 0.267.